The van der Waals surface area contributed by atoms with Crippen molar-refractivity contribution in [2.24, 2.45) is 0 Å². The summed E-state index contributed by atoms with van der Waals surface area (Å²) in [6.07, 6.45) is 2.63. The van der Waals surface area contributed by atoms with Crippen molar-refractivity contribution in [2.45, 2.75) is 31.7 Å². The van der Waals surface area contributed by atoms with E-state index < -0.39 is 0 Å². The van der Waals surface area contributed by atoms with E-state index in [9.17, 15) is 9.90 Å². The van der Waals surface area contributed by atoms with Gasteiger partial charge in [0.05, 0.1) is 24.3 Å². The Kier molecular flexibility index (Phi) is 6.68. The Hall–Kier alpha value is -2.57. The van der Waals surface area contributed by atoms with Crippen molar-refractivity contribution in [3.8, 4) is 0 Å². The molecule has 0 aliphatic rings. The molecule has 0 saturated heterocycles. The van der Waals surface area contributed by atoms with Crippen LogP contribution in [0.25, 0.3) is 0 Å². The zero-order valence-corrected chi connectivity index (χ0v) is 16.1. The molecule has 3 aromatic rings. The van der Waals surface area contributed by atoms with Gasteiger partial charge in [0, 0.05) is 12.2 Å². The minimum Gasteiger partial charge on any atom is -0.390 e. The summed E-state index contributed by atoms with van der Waals surface area (Å²) in [5, 5.41) is 13.2. The molecule has 0 aliphatic carbocycles. The molecule has 1 heterocycles. The maximum atomic E-state index is 12.3. The number of carbonyl (C=O) groups is 1. The van der Waals surface area contributed by atoms with Crippen molar-refractivity contribution >= 4 is 23.4 Å². The molecule has 140 valence electrons. The number of aromatic nitrogens is 2. The molecule has 5 nitrogen and oxygen atoms in total. The first-order valence-electron chi connectivity index (χ1n) is 8.90. The highest BCUT2D eigenvalue weighted by Gasteiger charge is 2.13. The summed E-state index contributed by atoms with van der Waals surface area (Å²) >= 11 is 1.37. The molecule has 1 aromatic heterocycles. The smallest absolute Gasteiger partial charge is 0.234 e. The van der Waals surface area contributed by atoms with Gasteiger partial charge in [-0.25, -0.2) is 4.98 Å². The number of benzene rings is 2. The Morgan fingerprint density at radius 1 is 1.11 bits per heavy atom. The number of rotatable bonds is 8. The topological polar surface area (TPSA) is 67.2 Å². The summed E-state index contributed by atoms with van der Waals surface area (Å²) in [4.78, 5) is 16.6. The fourth-order valence-electron chi connectivity index (χ4n) is 2.72. The van der Waals surface area contributed by atoms with Crippen LogP contribution >= 0.6 is 11.8 Å². The second-order valence-electron chi connectivity index (χ2n) is 6.15. The van der Waals surface area contributed by atoms with E-state index in [2.05, 4.69) is 17.2 Å². The molecule has 3 rings (SSSR count). The number of hydrogen-bond donors (Lipinski definition) is 2. The summed E-state index contributed by atoms with van der Waals surface area (Å²) in [7, 11) is 0. The van der Waals surface area contributed by atoms with E-state index in [4.69, 9.17) is 0 Å². The van der Waals surface area contributed by atoms with Gasteiger partial charge in [-0.1, -0.05) is 61.2 Å². The maximum Gasteiger partial charge on any atom is 0.234 e. The number of aliphatic hydroxyl groups is 1. The Labute approximate surface area is 163 Å². The first-order valence-corrected chi connectivity index (χ1v) is 9.89. The first kappa shape index (κ1) is 19.2. The Morgan fingerprint density at radius 3 is 2.52 bits per heavy atom. The molecule has 0 aliphatic heterocycles. The highest BCUT2D eigenvalue weighted by molar-refractivity contribution is 7.99. The van der Waals surface area contributed by atoms with E-state index in [0.29, 0.717) is 6.54 Å². The number of aliphatic hydroxyl groups excluding tert-OH is 1. The van der Waals surface area contributed by atoms with Crippen LogP contribution in [0, 0.1) is 0 Å². The summed E-state index contributed by atoms with van der Waals surface area (Å²) in [5.74, 6) is 0.177. The van der Waals surface area contributed by atoms with Gasteiger partial charge >= 0.3 is 0 Å². The third-order valence-electron chi connectivity index (χ3n) is 4.23. The lowest BCUT2D eigenvalue weighted by Crippen LogP contribution is -2.15. The molecule has 0 fully saturated rings. The van der Waals surface area contributed by atoms with Gasteiger partial charge in [-0.3, -0.25) is 4.79 Å². The normalized spacial score (nSPS) is 10.7. The second kappa shape index (κ2) is 9.39. The number of carbonyl (C=O) groups excluding carboxylic acids is 1. The lowest BCUT2D eigenvalue weighted by atomic mass is 10.1. The molecule has 1 amide bonds. The average molecular weight is 382 g/mol. The van der Waals surface area contributed by atoms with Gasteiger partial charge in [-0.15, -0.1) is 0 Å². The van der Waals surface area contributed by atoms with Crippen LogP contribution in [0.3, 0.4) is 0 Å². The van der Waals surface area contributed by atoms with Crippen molar-refractivity contribution in [3.63, 3.8) is 0 Å². The van der Waals surface area contributed by atoms with Gasteiger partial charge in [0.2, 0.25) is 5.91 Å². The number of aryl methyl sites for hydroxylation is 1. The first-order chi connectivity index (χ1) is 13.2. The second-order valence-corrected chi connectivity index (χ2v) is 7.09. The van der Waals surface area contributed by atoms with Crippen LogP contribution in [0.15, 0.2) is 66.0 Å². The number of amides is 1. The number of nitrogens with one attached hydrogen (secondary N) is 1. The largest absolute Gasteiger partial charge is 0.390 e. The Balaban J connectivity index is 1.63. The zero-order valence-electron chi connectivity index (χ0n) is 15.3. The Morgan fingerprint density at radius 2 is 1.85 bits per heavy atom. The van der Waals surface area contributed by atoms with Crippen molar-refractivity contribution in [3.05, 3.63) is 77.6 Å². The predicted octanol–water partition coefficient (Wildman–Crippen LogP) is 3.72. The molecular formula is C21H23N3O2S. The van der Waals surface area contributed by atoms with E-state index in [1.807, 2.05) is 59.2 Å². The number of anilines is 1. The van der Waals surface area contributed by atoms with Gasteiger partial charge in [0.15, 0.2) is 5.16 Å². The molecule has 2 aromatic carbocycles. The fraction of sp³-hybridized carbons (Fsp3) is 0.238. The third-order valence-corrected chi connectivity index (χ3v) is 5.22. The molecule has 0 unspecified atom stereocenters. The number of nitrogens with zero attached hydrogens (tertiary/aromatic N) is 2. The lowest BCUT2D eigenvalue weighted by molar-refractivity contribution is -0.113. The summed E-state index contributed by atoms with van der Waals surface area (Å²) in [5.41, 5.74) is 3.88. The minimum atomic E-state index is -0.0869. The predicted molar refractivity (Wildman–Crippen MR) is 109 cm³/mol. The lowest BCUT2D eigenvalue weighted by Gasteiger charge is -2.11. The summed E-state index contributed by atoms with van der Waals surface area (Å²) < 4.78 is 1.95. The average Bonchev–Trinajstić information content (AvgIpc) is 3.09. The number of thioether (sulfide) groups is 1. The molecule has 27 heavy (non-hydrogen) atoms. The summed E-state index contributed by atoms with van der Waals surface area (Å²) in [6, 6.07) is 17.9. The van der Waals surface area contributed by atoms with Gasteiger partial charge < -0.3 is 15.0 Å². The van der Waals surface area contributed by atoms with Gasteiger partial charge in [-0.2, -0.15) is 0 Å². The molecular weight excluding hydrogens is 358 g/mol. The van der Waals surface area contributed by atoms with E-state index in [1.54, 1.807) is 6.20 Å². The highest BCUT2D eigenvalue weighted by atomic mass is 32.2. The van der Waals surface area contributed by atoms with Crippen LogP contribution in [-0.4, -0.2) is 26.3 Å². The van der Waals surface area contributed by atoms with Crippen molar-refractivity contribution < 1.29 is 9.90 Å². The standard InChI is InChI=1S/C21H23N3O2S/c1-2-16-8-10-18(11-9-16)23-20(26)15-27-21-22-12-19(14-25)24(21)13-17-6-4-3-5-7-17/h3-12,25H,2,13-15H2,1H3,(H,23,26). The summed E-state index contributed by atoms with van der Waals surface area (Å²) in [6.45, 7) is 2.62. The van der Waals surface area contributed by atoms with Gasteiger partial charge in [0.25, 0.3) is 0 Å². The van der Waals surface area contributed by atoms with Crippen LogP contribution in [0.5, 0.6) is 0 Å². The van der Waals surface area contributed by atoms with Crippen LogP contribution in [0.2, 0.25) is 0 Å². The quantitative estimate of drug-likeness (QED) is 0.584. The van der Waals surface area contributed by atoms with E-state index in [0.717, 1.165) is 28.5 Å². The molecule has 2 N–H and O–H groups in total. The van der Waals surface area contributed by atoms with Crippen LogP contribution < -0.4 is 5.32 Å². The van der Waals surface area contributed by atoms with Gasteiger partial charge in [0.1, 0.15) is 0 Å². The molecule has 0 saturated carbocycles. The van der Waals surface area contributed by atoms with E-state index in [-0.39, 0.29) is 18.3 Å². The van der Waals surface area contributed by atoms with Crippen molar-refractivity contribution in [2.75, 3.05) is 11.1 Å². The zero-order chi connectivity index (χ0) is 19.1. The van der Waals surface area contributed by atoms with Crippen LogP contribution in [0.1, 0.15) is 23.7 Å². The molecule has 6 heteroatoms. The van der Waals surface area contributed by atoms with E-state index >= 15 is 0 Å². The SMILES string of the molecule is CCc1ccc(NC(=O)CSc2ncc(CO)n2Cc2ccccc2)cc1. The van der Waals surface area contributed by atoms with Crippen molar-refractivity contribution in [1.29, 1.82) is 0 Å². The van der Waals surface area contributed by atoms with Crippen LogP contribution in [0.4, 0.5) is 5.69 Å². The minimum absolute atomic E-state index is 0.0796. The third kappa shape index (κ3) is 5.21. The fourth-order valence-corrected chi connectivity index (χ4v) is 3.52. The van der Waals surface area contributed by atoms with E-state index in [1.165, 1.54) is 17.3 Å². The molecule has 0 atom stereocenters. The molecule has 0 radical (unpaired) electrons. The van der Waals surface area contributed by atoms with Gasteiger partial charge in [-0.05, 0) is 29.7 Å². The van der Waals surface area contributed by atoms with Crippen molar-refractivity contribution in [1.82, 2.24) is 9.55 Å². The monoisotopic (exact) mass is 381 g/mol. The molecule has 0 spiro atoms. The molecule has 0 bridgehead atoms. The van der Waals surface area contributed by atoms with Crippen LogP contribution in [-0.2, 0) is 24.4 Å². The number of hydrogen-bond acceptors (Lipinski definition) is 4. The highest BCUT2D eigenvalue weighted by Crippen LogP contribution is 2.21. The Bertz CT molecular complexity index is 876. The number of imidazole rings is 1. The maximum absolute atomic E-state index is 12.3.